The second kappa shape index (κ2) is 10.8. The van der Waals surface area contributed by atoms with Gasteiger partial charge < -0.3 is 10.4 Å². The number of carbonyl (C=O) groups is 2. The van der Waals surface area contributed by atoms with Crippen LogP contribution >= 0.6 is 11.8 Å². The van der Waals surface area contributed by atoms with Crippen LogP contribution in [-0.4, -0.2) is 41.2 Å². The Hall–Kier alpha value is -1.95. The maximum atomic E-state index is 12.0. The number of thioether (sulfide) groups is 1. The van der Waals surface area contributed by atoms with E-state index >= 15 is 0 Å². The third kappa shape index (κ3) is 9.19. The Bertz CT molecular complexity index is 580. The summed E-state index contributed by atoms with van der Waals surface area (Å²) in [5.74, 6) is 0.138. The molecule has 0 saturated carbocycles. The van der Waals surface area contributed by atoms with Crippen LogP contribution in [0.15, 0.2) is 23.3 Å². The van der Waals surface area contributed by atoms with E-state index in [1.54, 1.807) is 13.0 Å². The summed E-state index contributed by atoms with van der Waals surface area (Å²) < 4.78 is 35.9. The summed E-state index contributed by atoms with van der Waals surface area (Å²) >= 11 is 1.84. The minimum Gasteiger partial charge on any atom is -0.478 e. The molecule has 0 aliphatic carbocycles. The number of aliphatic carboxylic acids is 1. The van der Waals surface area contributed by atoms with Crippen molar-refractivity contribution in [2.24, 2.45) is 5.92 Å². The number of nitrogens with one attached hydrogen (secondary N) is 1. The Morgan fingerprint density at radius 1 is 1.56 bits per heavy atom. The molecule has 2 atom stereocenters. The fourth-order valence-electron chi connectivity index (χ4n) is 1.87. The second-order valence-electron chi connectivity index (χ2n) is 5.50. The van der Waals surface area contributed by atoms with Crippen LogP contribution in [0.4, 0.5) is 13.2 Å². The van der Waals surface area contributed by atoms with E-state index in [-0.39, 0.29) is 0 Å². The molecular weight excluding hydrogens is 357 g/mol. The van der Waals surface area contributed by atoms with Crippen molar-refractivity contribution in [3.05, 3.63) is 23.3 Å². The van der Waals surface area contributed by atoms with E-state index in [2.05, 4.69) is 13.2 Å². The van der Waals surface area contributed by atoms with Gasteiger partial charge in [-0.1, -0.05) is 13.0 Å². The molecule has 1 heterocycles. The van der Waals surface area contributed by atoms with Crippen LogP contribution in [0.1, 0.15) is 26.7 Å². The van der Waals surface area contributed by atoms with Crippen molar-refractivity contribution >= 4 is 23.6 Å². The minimum atomic E-state index is -4.61. The first-order chi connectivity index (χ1) is 11.5. The highest BCUT2D eigenvalue weighted by Gasteiger charge is 2.43. The molecule has 1 aliphatic heterocycles. The Labute approximate surface area is 149 Å². The zero-order valence-corrected chi connectivity index (χ0v) is 15.0. The molecule has 0 spiro atoms. The second-order valence-corrected chi connectivity index (χ2v) is 6.41. The molecule has 9 heteroatoms. The lowest BCUT2D eigenvalue weighted by molar-refractivity contribution is -0.132. The summed E-state index contributed by atoms with van der Waals surface area (Å²) in [4.78, 5) is 20.9. The number of allylic oxidation sites excluding steroid dienone is 1. The van der Waals surface area contributed by atoms with Gasteiger partial charge in [-0.05, 0) is 37.7 Å². The van der Waals surface area contributed by atoms with E-state index in [4.69, 9.17) is 10.4 Å². The van der Waals surface area contributed by atoms with E-state index in [1.807, 2.05) is 17.1 Å². The van der Waals surface area contributed by atoms with Crippen LogP contribution in [0.25, 0.3) is 0 Å². The maximum absolute atomic E-state index is 12.0. The van der Waals surface area contributed by atoms with E-state index in [1.165, 1.54) is 6.07 Å². The van der Waals surface area contributed by atoms with Crippen molar-refractivity contribution in [1.29, 1.82) is 5.26 Å². The molecule has 0 bridgehead atoms. The first-order valence-electron chi connectivity index (χ1n) is 7.40. The fourth-order valence-corrected chi connectivity index (χ4v) is 2.61. The molecule has 0 aromatic heterocycles. The minimum absolute atomic E-state index is 0.397. The number of rotatable bonds is 6. The van der Waals surface area contributed by atoms with Crippen molar-refractivity contribution < 1.29 is 27.9 Å². The van der Waals surface area contributed by atoms with Gasteiger partial charge >= 0.3 is 12.1 Å². The molecule has 2 N–H and O–H groups in total. The molecular formula is C16H21F3N2O3S. The molecule has 25 heavy (non-hydrogen) atoms. The molecule has 5 nitrogen and oxygen atoms in total. The number of carboxylic acid groups (broad SMARTS) is 1. The van der Waals surface area contributed by atoms with E-state index in [0.717, 1.165) is 18.6 Å². The first kappa shape index (κ1) is 23.1. The zero-order valence-electron chi connectivity index (χ0n) is 14.2. The highest BCUT2D eigenvalue weighted by atomic mass is 32.2. The summed E-state index contributed by atoms with van der Waals surface area (Å²) in [6.45, 7) is 3.84. The predicted octanol–water partition coefficient (Wildman–Crippen LogP) is 3.29. The topological polar surface area (TPSA) is 90.2 Å². The summed E-state index contributed by atoms with van der Waals surface area (Å²) in [6, 6.07) is -0.227. The van der Waals surface area contributed by atoms with Crippen LogP contribution in [0.2, 0.25) is 0 Å². The van der Waals surface area contributed by atoms with Gasteiger partial charge in [0.1, 0.15) is 6.04 Å². The summed E-state index contributed by atoms with van der Waals surface area (Å²) in [7, 11) is 0. The van der Waals surface area contributed by atoms with Gasteiger partial charge in [0, 0.05) is 11.6 Å². The van der Waals surface area contributed by atoms with Gasteiger partial charge in [-0.3, -0.25) is 4.79 Å². The first-order valence-corrected chi connectivity index (χ1v) is 8.80. The van der Waals surface area contributed by atoms with Gasteiger partial charge in [-0.25, -0.2) is 4.79 Å². The number of hydrogen-bond acceptors (Lipinski definition) is 4. The van der Waals surface area contributed by atoms with Gasteiger partial charge in [-0.15, -0.1) is 0 Å². The third-order valence-corrected chi connectivity index (χ3v) is 4.14. The largest absolute Gasteiger partial charge is 0.478 e. The van der Waals surface area contributed by atoms with Gasteiger partial charge in [-0.2, -0.15) is 30.2 Å². The lowest BCUT2D eigenvalue weighted by Gasteiger charge is -2.09. The molecule has 0 aromatic rings. The standard InChI is InChI=1S/C10H18O2S.C6H3F3N2O/c1-8(7-13-3)5-4-6-9(2)10(11)12;7-6(8,9)3-1-5(12)11-4(3)2-10/h6,8H,4-5,7H2,1-3H3,(H,11,12);1,4H,(H,11,12)/b9-6+;. The number of hydrogen-bond donors (Lipinski definition) is 2. The molecule has 1 amide bonds. The van der Waals surface area contributed by atoms with Crippen molar-refractivity contribution in [3.63, 3.8) is 0 Å². The number of alkyl halides is 3. The van der Waals surface area contributed by atoms with E-state index < -0.39 is 29.7 Å². The van der Waals surface area contributed by atoms with Crippen LogP contribution in [0.5, 0.6) is 0 Å². The zero-order chi connectivity index (χ0) is 19.6. The molecule has 140 valence electrons. The summed E-state index contributed by atoms with van der Waals surface area (Å²) in [6.07, 6.45) is 1.63. The monoisotopic (exact) mass is 378 g/mol. The summed E-state index contributed by atoms with van der Waals surface area (Å²) in [5.41, 5.74) is -0.675. The molecule has 0 saturated heterocycles. The highest BCUT2D eigenvalue weighted by Crippen LogP contribution is 2.30. The summed E-state index contributed by atoms with van der Waals surface area (Å²) in [5, 5.41) is 18.6. The number of carbonyl (C=O) groups excluding carboxylic acids is 1. The van der Waals surface area contributed by atoms with Crippen molar-refractivity contribution in [2.45, 2.75) is 38.9 Å². The van der Waals surface area contributed by atoms with E-state index in [9.17, 15) is 22.8 Å². The Morgan fingerprint density at radius 2 is 2.16 bits per heavy atom. The molecule has 0 aromatic carbocycles. The highest BCUT2D eigenvalue weighted by molar-refractivity contribution is 7.98. The molecule has 1 rings (SSSR count). The number of halogens is 3. The van der Waals surface area contributed by atoms with Crippen LogP contribution in [0.3, 0.4) is 0 Å². The van der Waals surface area contributed by atoms with Crippen LogP contribution in [-0.2, 0) is 9.59 Å². The SMILES string of the molecule is CSCC(C)CC/C=C(\C)C(=O)O.N#CC1NC(=O)C=C1C(F)(F)F. The van der Waals surface area contributed by atoms with Gasteiger partial charge in [0.05, 0.1) is 11.6 Å². The van der Waals surface area contributed by atoms with Crippen molar-refractivity contribution in [2.75, 3.05) is 12.0 Å². The number of nitriles is 1. The predicted molar refractivity (Wildman–Crippen MR) is 89.9 cm³/mol. The lowest BCUT2D eigenvalue weighted by Crippen LogP contribution is -2.31. The van der Waals surface area contributed by atoms with Crippen molar-refractivity contribution in [3.8, 4) is 6.07 Å². The number of carboxylic acids is 1. The van der Waals surface area contributed by atoms with Crippen molar-refractivity contribution in [1.82, 2.24) is 5.32 Å². The molecule has 0 radical (unpaired) electrons. The van der Waals surface area contributed by atoms with E-state index in [0.29, 0.717) is 17.6 Å². The maximum Gasteiger partial charge on any atom is 0.415 e. The number of amides is 1. The normalized spacial score (nSPS) is 18.4. The molecule has 2 unspecified atom stereocenters. The average molecular weight is 378 g/mol. The molecule has 1 aliphatic rings. The fraction of sp³-hybridized carbons (Fsp3) is 0.562. The van der Waals surface area contributed by atoms with Gasteiger partial charge in [0.2, 0.25) is 5.91 Å². The van der Waals surface area contributed by atoms with Gasteiger partial charge in [0.15, 0.2) is 0 Å². The average Bonchev–Trinajstić information content (AvgIpc) is 2.89. The quantitative estimate of drug-likeness (QED) is 0.692. The van der Waals surface area contributed by atoms with Crippen LogP contribution in [0, 0.1) is 17.2 Å². The lowest BCUT2D eigenvalue weighted by atomic mass is 10.1. The Kier molecular flexibility index (Phi) is 9.98. The van der Waals surface area contributed by atoms with Crippen LogP contribution < -0.4 is 5.32 Å². The third-order valence-electron chi connectivity index (χ3n) is 3.24. The van der Waals surface area contributed by atoms with Gasteiger partial charge in [0.25, 0.3) is 0 Å². The smallest absolute Gasteiger partial charge is 0.415 e. The Morgan fingerprint density at radius 3 is 2.56 bits per heavy atom. The molecule has 0 fully saturated rings. The number of nitrogens with zero attached hydrogens (tertiary/aromatic N) is 1. The Balaban J connectivity index is 0.000000462.